The summed E-state index contributed by atoms with van der Waals surface area (Å²) in [5, 5.41) is 2.32. The Morgan fingerprint density at radius 2 is 2.22 bits per heavy atom. The molecule has 0 saturated carbocycles. The zero-order valence-corrected chi connectivity index (χ0v) is 12.7. The van der Waals surface area contributed by atoms with E-state index in [9.17, 15) is 8.42 Å². The minimum Gasteiger partial charge on any atom is -0.495 e. The van der Waals surface area contributed by atoms with Gasteiger partial charge in [0.05, 0.1) is 7.11 Å². The highest BCUT2D eigenvalue weighted by Crippen LogP contribution is 2.29. The fourth-order valence-corrected chi connectivity index (χ4v) is 4.43. The Kier molecular flexibility index (Phi) is 4.04. The smallest absolute Gasteiger partial charge is 0.188 e. The number of benzene rings is 1. The summed E-state index contributed by atoms with van der Waals surface area (Å²) in [4.78, 5) is 4.17. The van der Waals surface area contributed by atoms with Gasteiger partial charge in [-0.05, 0) is 18.2 Å². The highest BCUT2D eigenvalue weighted by Gasteiger charge is 2.21. The van der Waals surface area contributed by atoms with Gasteiger partial charge in [-0.1, -0.05) is 15.9 Å². The van der Waals surface area contributed by atoms with Crippen LogP contribution in [0.1, 0.15) is 5.01 Å². The van der Waals surface area contributed by atoms with Gasteiger partial charge in [-0.25, -0.2) is 13.4 Å². The average molecular weight is 348 g/mol. The average Bonchev–Trinajstić information content (AvgIpc) is 2.81. The lowest BCUT2D eigenvalue weighted by molar-refractivity contribution is 0.402. The second kappa shape index (κ2) is 5.38. The first-order valence-electron chi connectivity index (χ1n) is 4.97. The molecule has 2 aromatic rings. The van der Waals surface area contributed by atoms with Crippen molar-refractivity contribution in [3.63, 3.8) is 0 Å². The first-order chi connectivity index (χ1) is 8.53. The molecule has 1 heterocycles. The maximum atomic E-state index is 12.3. The number of halogens is 1. The van der Waals surface area contributed by atoms with Crippen LogP contribution in [-0.4, -0.2) is 20.5 Å². The van der Waals surface area contributed by atoms with Gasteiger partial charge in [0.2, 0.25) is 0 Å². The maximum absolute atomic E-state index is 12.3. The number of hydrogen-bond acceptors (Lipinski definition) is 5. The quantitative estimate of drug-likeness (QED) is 0.853. The molecule has 1 aromatic heterocycles. The summed E-state index contributed by atoms with van der Waals surface area (Å²) < 4.78 is 30.4. The third-order valence-electron chi connectivity index (χ3n) is 2.26. The molecule has 4 nitrogen and oxygen atoms in total. The van der Waals surface area contributed by atoms with E-state index in [-0.39, 0.29) is 10.6 Å². The molecule has 0 aliphatic rings. The Bertz CT molecular complexity index is 638. The van der Waals surface area contributed by atoms with Gasteiger partial charge in [-0.15, -0.1) is 11.3 Å². The minimum atomic E-state index is -3.46. The van der Waals surface area contributed by atoms with E-state index < -0.39 is 9.84 Å². The van der Waals surface area contributed by atoms with E-state index in [1.54, 1.807) is 29.8 Å². The Morgan fingerprint density at radius 3 is 2.83 bits per heavy atom. The third-order valence-corrected chi connectivity index (χ3v) is 5.36. The Hall–Kier alpha value is -0.920. The van der Waals surface area contributed by atoms with E-state index in [0.29, 0.717) is 15.2 Å². The van der Waals surface area contributed by atoms with E-state index >= 15 is 0 Å². The molecule has 0 aliphatic carbocycles. The van der Waals surface area contributed by atoms with Crippen molar-refractivity contribution in [3.8, 4) is 5.75 Å². The molecule has 0 N–H and O–H groups in total. The van der Waals surface area contributed by atoms with Crippen molar-refractivity contribution < 1.29 is 13.2 Å². The summed E-state index contributed by atoms with van der Waals surface area (Å²) in [6, 6.07) is 4.90. The SMILES string of the molecule is COc1ccc(Br)cc1S(=O)(=O)Cc1nccs1. The van der Waals surface area contributed by atoms with Crippen LogP contribution in [0.25, 0.3) is 0 Å². The molecule has 0 saturated heterocycles. The molecule has 2 rings (SSSR count). The summed E-state index contributed by atoms with van der Waals surface area (Å²) in [6.45, 7) is 0. The molecule has 0 atom stereocenters. The number of nitrogens with zero attached hydrogens (tertiary/aromatic N) is 1. The summed E-state index contributed by atoms with van der Waals surface area (Å²) >= 11 is 4.58. The van der Waals surface area contributed by atoms with Crippen molar-refractivity contribution in [3.05, 3.63) is 39.3 Å². The second-order valence-corrected chi connectivity index (χ2v) is 7.33. The van der Waals surface area contributed by atoms with Gasteiger partial charge in [0.25, 0.3) is 0 Å². The van der Waals surface area contributed by atoms with Crippen molar-refractivity contribution in [1.82, 2.24) is 4.98 Å². The molecule has 0 spiro atoms. The first-order valence-corrected chi connectivity index (χ1v) is 8.30. The van der Waals surface area contributed by atoms with Gasteiger partial charge >= 0.3 is 0 Å². The molecule has 0 amide bonds. The van der Waals surface area contributed by atoms with Crippen LogP contribution in [0.2, 0.25) is 0 Å². The van der Waals surface area contributed by atoms with Gasteiger partial charge in [-0.3, -0.25) is 0 Å². The number of thiazole rings is 1. The zero-order valence-electron chi connectivity index (χ0n) is 9.46. The van der Waals surface area contributed by atoms with Gasteiger partial charge in [0.15, 0.2) is 9.84 Å². The topological polar surface area (TPSA) is 56.3 Å². The number of rotatable bonds is 4. The van der Waals surface area contributed by atoms with Gasteiger partial charge in [0, 0.05) is 16.0 Å². The third kappa shape index (κ3) is 2.90. The second-order valence-electron chi connectivity index (χ2n) is 3.48. The van der Waals surface area contributed by atoms with Gasteiger partial charge in [0.1, 0.15) is 21.4 Å². The molecule has 18 heavy (non-hydrogen) atoms. The summed E-state index contributed by atoms with van der Waals surface area (Å²) in [5.74, 6) is 0.229. The van der Waals surface area contributed by atoms with Crippen LogP contribution in [0.15, 0.2) is 39.1 Å². The monoisotopic (exact) mass is 347 g/mol. The van der Waals surface area contributed by atoms with Crippen molar-refractivity contribution >= 4 is 37.1 Å². The molecule has 96 valence electrons. The largest absolute Gasteiger partial charge is 0.495 e. The van der Waals surface area contributed by atoms with E-state index in [2.05, 4.69) is 20.9 Å². The lowest BCUT2D eigenvalue weighted by atomic mass is 10.3. The fourth-order valence-electron chi connectivity index (χ4n) is 1.46. The molecule has 0 radical (unpaired) electrons. The standard InChI is InChI=1S/C11H10BrNO3S2/c1-16-9-3-2-8(12)6-10(9)18(14,15)7-11-13-4-5-17-11/h2-6H,7H2,1H3. The lowest BCUT2D eigenvalue weighted by Gasteiger charge is -2.09. The summed E-state index contributed by atoms with van der Waals surface area (Å²) in [6.07, 6.45) is 1.59. The predicted octanol–water partition coefficient (Wildman–Crippen LogP) is 2.89. The van der Waals surface area contributed by atoms with Crippen LogP contribution < -0.4 is 4.74 Å². The Labute approximate surface area is 118 Å². The number of sulfone groups is 1. The number of hydrogen-bond donors (Lipinski definition) is 0. The van der Waals surface area contributed by atoms with E-state index in [1.807, 2.05) is 0 Å². The highest BCUT2D eigenvalue weighted by molar-refractivity contribution is 9.10. The molecular formula is C11H10BrNO3S2. The lowest BCUT2D eigenvalue weighted by Crippen LogP contribution is -2.06. The molecular weight excluding hydrogens is 338 g/mol. The van der Waals surface area contributed by atoms with Crippen LogP contribution in [0.5, 0.6) is 5.75 Å². The molecule has 0 aliphatic heterocycles. The van der Waals surface area contributed by atoms with E-state index in [0.717, 1.165) is 0 Å². The minimum absolute atomic E-state index is 0.114. The highest BCUT2D eigenvalue weighted by atomic mass is 79.9. The molecule has 7 heteroatoms. The predicted molar refractivity (Wildman–Crippen MR) is 73.7 cm³/mol. The fraction of sp³-hybridized carbons (Fsp3) is 0.182. The molecule has 1 aromatic carbocycles. The molecule has 0 unspecified atom stereocenters. The van der Waals surface area contributed by atoms with Crippen LogP contribution in [0.4, 0.5) is 0 Å². The summed E-state index contributed by atoms with van der Waals surface area (Å²) in [5.41, 5.74) is 0. The van der Waals surface area contributed by atoms with Gasteiger partial charge < -0.3 is 4.74 Å². The van der Waals surface area contributed by atoms with E-state index in [4.69, 9.17) is 4.74 Å². The number of ether oxygens (including phenoxy) is 1. The van der Waals surface area contributed by atoms with Crippen molar-refractivity contribution in [1.29, 1.82) is 0 Å². The van der Waals surface area contributed by atoms with Crippen molar-refractivity contribution in [2.75, 3.05) is 7.11 Å². The number of methoxy groups -OCH3 is 1. The van der Waals surface area contributed by atoms with Crippen LogP contribution in [-0.2, 0) is 15.6 Å². The Balaban J connectivity index is 2.43. The zero-order chi connectivity index (χ0) is 13.2. The van der Waals surface area contributed by atoms with E-state index in [1.165, 1.54) is 18.4 Å². The normalized spacial score (nSPS) is 11.4. The summed E-state index contributed by atoms with van der Waals surface area (Å²) in [7, 11) is -2.01. The van der Waals surface area contributed by atoms with Crippen molar-refractivity contribution in [2.24, 2.45) is 0 Å². The first kappa shape index (κ1) is 13.5. The van der Waals surface area contributed by atoms with Crippen LogP contribution in [0.3, 0.4) is 0 Å². The van der Waals surface area contributed by atoms with Crippen LogP contribution in [0, 0.1) is 0 Å². The number of aromatic nitrogens is 1. The Morgan fingerprint density at radius 1 is 1.44 bits per heavy atom. The maximum Gasteiger partial charge on any atom is 0.188 e. The molecule has 0 fully saturated rings. The van der Waals surface area contributed by atoms with Gasteiger partial charge in [-0.2, -0.15) is 0 Å². The van der Waals surface area contributed by atoms with Crippen LogP contribution >= 0.6 is 27.3 Å². The molecule has 0 bridgehead atoms. The van der Waals surface area contributed by atoms with Crippen molar-refractivity contribution in [2.45, 2.75) is 10.6 Å².